The molecule has 3 heterocycles. The maximum absolute atomic E-state index is 12.9. The number of carbonyl (C=O) groups excluding carboxylic acids is 1. The molecule has 4 rings (SSSR count). The fourth-order valence-corrected chi connectivity index (χ4v) is 3.57. The Bertz CT molecular complexity index is 781. The summed E-state index contributed by atoms with van der Waals surface area (Å²) in [5, 5.41) is 3.21. The zero-order valence-electron chi connectivity index (χ0n) is 14.9. The molecule has 2 aliphatic rings. The molecule has 0 radical (unpaired) electrons. The number of oxazole rings is 1. The summed E-state index contributed by atoms with van der Waals surface area (Å²) in [5.41, 5.74) is 1.12. The van der Waals surface area contributed by atoms with Crippen LogP contribution in [0.3, 0.4) is 0 Å². The Morgan fingerprint density at radius 3 is 2.77 bits per heavy atom. The van der Waals surface area contributed by atoms with E-state index in [-0.39, 0.29) is 5.91 Å². The monoisotopic (exact) mass is 357 g/mol. The highest BCUT2D eigenvalue weighted by atomic mass is 16.6. The molecule has 7 nitrogen and oxygen atoms in total. The average Bonchev–Trinajstić information content (AvgIpc) is 3.18. The smallest absolute Gasteiger partial charge is 0.276 e. The van der Waals surface area contributed by atoms with Gasteiger partial charge in [-0.3, -0.25) is 4.79 Å². The molecule has 0 bridgehead atoms. The van der Waals surface area contributed by atoms with Gasteiger partial charge in [-0.2, -0.15) is 0 Å². The van der Waals surface area contributed by atoms with Gasteiger partial charge in [0.2, 0.25) is 0 Å². The lowest BCUT2D eigenvalue weighted by atomic mass is 9.96. The molecular formula is C19H23N3O4. The van der Waals surface area contributed by atoms with Gasteiger partial charge in [-0.25, -0.2) is 4.98 Å². The van der Waals surface area contributed by atoms with Crippen molar-refractivity contribution in [2.75, 3.05) is 39.9 Å². The van der Waals surface area contributed by atoms with E-state index in [1.54, 1.807) is 0 Å². The van der Waals surface area contributed by atoms with Gasteiger partial charge in [0.05, 0.1) is 0 Å². The number of hydrogen-bond acceptors (Lipinski definition) is 6. The summed E-state index contributed by atoms with van der Waals surface area (Å²) in [7, 11) is 1.96. The Hall–Kier alpha value is -2.54. The lowest BCUT2D eigenvalue weighted by Crippen LogP contribution is -2.40. The lowest BCUT2D eigenvalue weighted by Gasteiger charge is -2.31. The molecule has 7 heteroatoms. The predicted octanol–water partition coefficient (Wildman–Crippen LogP) is 2.18. The fraction of sp³-hybridized carbons (Fsp3) is 0.474. The average molecular weight is 357 g/mol. The van der Waals surface area contributed by atoms with Crippen LogP contribution in [0.2, 0.25) is 0 Å². The maximum atomic E-state index is 12.9. The van der Waals surface area contributed by atoms with Crippen molar-refractivity contribution >= 4 is 5.91 Å². The number of carbonyl (C=O) groups is 1. The third-order valence-electron chi connectivity index (χ3n) is 4.97. The number of amides is 1. The molecule has 2 aromatic rings. The molecule has 1 aromatic carbocycles. The third-order valence-corrected chi connectivity index (χ3v) is 4.97. The van der Waals surface area contributed by atoms with Gasteiger partial charge in [0, 0.05) is 18.7 Å². The number of nitrogens with one attached hydrogen (secondary N) is 1. The van der Waals surface area contributed by atoms with E-state index in [2.05, 4.69) is 10.3 Å². The molecule has 0 spiro atoms. The van der Waals surface area contributed by atoms with Crippen molar-refractivity contribution in [3.05, 3.63) is 30.3 Å². The van der Waals surface area contributed by atoms with Crippen molar-refractivity contribution < 1.29 is 18.7 Å². The number of nitrogens with zero attached hydrogens (tertiary/aromatic N) is 2. The van der Waals surface area contributed by atoms with Crippen molar-refractivity contribution in [2.45, 2.75) is 12.8 Å². The number of rotatable bonds is 4. The van der Waals surface area contributed by atoms with Crippen molar-refractivity contribution in [1.82, 2.24) is 15.2 Å². The summed E-state index contributed by atoms with van der Waals surface area (Å²) in [6.07, 6.45) is 3.33. The molecule has 1 aromatic heterocycles. The highest BCUT2D eigenvalue weighted by Crippen LogP contribution is 2.35. The lowest BCUT2D eigenvalue weighted by molar-refractivity contribution is 0.0686. The summed E-state index contributed by atoms with van der Waals surface area (Å²) < 4.78 is 16.7. The number of likely N-dealkylation sites (tertiary alicyclic amines) is 1. The molecule has 2 aliphatic heterocycles. The zero-order valence-corrected chi connectivity index (χ0v) is 14.9. The minimum Gasteiger partial charge on any atom is -0.486 e. The van der Waals surface area contributed by atoms with Crippen molar-refractivity contribution in [2.24, 2.45) is 5.92 Å². The van der Waals surface area contributed by atoms with E-state index >= 15 is 0 Å². The number of ether oxygens (including phenoxy) is 2. The number of piperidine rings is 1. The second-order valence-electron chi connectivity index (χ2n) is 6.68. The van der Waals surface area contributed by atoms with Crippen LogP contribution in [-0.4, -0.2) is 55.7 Å². The van der Waals surface area contributed by atoms with Crippen LogP contribution in [0.1, 0.15) is 23.3 Å². The van der Waals surface area contributed by atoms with E-state index in [0.29, 0.717) is 42.1 Å². The van der Waals surface area contributed by atoms with Gasteiger partial charge in [-0.1, -0.05) is 0 Å². The van der Waals surface area contributed by atoms with Crippen LogP contribution in [-0.2, 0) is 0 Å². The summed E-state index contributed by atoms with van der Waals surface area (Å²) in [4.78, 5) is 19.0. The summed E-state index contributed by atoms with van der Waals surface area (Å²) in [6.45, 7) is 3.55. The summed E-state index contributed by atoms with van der Waals surface area (Å²) in [5.74, 6) is 2.39. The van der Waals surface area contributed by atoms with Gasteiger partial charge >= 0.3 is 0 Å². The highest BCUT2D eigenvalue weighted by Gasteiger charge is 2.28. The Morgan fingerprint density at radius 2 is 2.00 bits per heavy atom. The van der Waals surface area contributed by atoms with Crippen molar-refractivity contribution in [3.8, 4) is 22.8 Å². The van der Waals surface area contributed by atoms with Gasteiger partial charge in [0.1, 0.15) is 13.2 Å². The minimum atomic E-state index is -0.0773. The number of hydrogen-bond donors (Lipinski definition) is 1. The first-order valence-electron chi connectivity index (χ1n) is 9.03. The molecular weight excluding hydrogens is 334 g/mol. The number of benzene rings is 1. The Morgan fingerprint density at radius 1 is 1.23 bits per heavy atom. The van der Waals surface area contributed by atoms with Gasteiger partial charge in [0.25, 0.3) is 5.91 Å². The van der Waals surface area contributed by atoms with E-state index in [1.807, 2.05) is 30.1 Å². The first-order chi connectivity index (χ1) is 12.8. The van der Waals surface area contributed by atoms with Crippen LogP contribution >= 0.6 is 0 Å². The van der Waals surface area contributed by atoms with Gasteiger partial charge in [-0.15, -0.1) is 0 Å². The number of fused-ring (bicyclic) bond motifs is 1. The molecule has 1 N–H and O–H groups in total. The quantitative estimate of drug-likeness (QED) is 0.904. The second-order valence-corrected chi connectivity index (χ2v) is 6.68. The molecule has 1 amide bonds. The first kappa shape index (κ1) is 16.9. The molecule has 26 heavy (non-hydrogen) atoms. The normalized spacial score (nSPS) is 17.3. The van der Waals surface area contributed by atoms with E-state index < -0.39 is 0 Å². The Kier molecular flexibility index (Phi) is 4.79. The van der Waals surface area contributed by atoms with Gasteiger partial charge in [-0.05, 0) is 50.6 Å². The van der Waals surface area contributed by atoms with E-state index in [0.717, 1.165) is 38.0 Å². The molecule has 0 unspecified atom stereocenters. The van der Waals surface area contributed by atoms with Crippen LogP contribution in [0.4, 0.5) is 0 Å². The molecule has 0 saturated carbocycles. The minimum absolute atomic E-state index is 0.0773. The van der Waals surface area contributed by atoms with Crippen molar-refractivity contribution in [3.63, 3.8) is 0 Å². The van der Waals surface area contributed by atoms with Crippen LogP contribution < -0.4 is 14.8 Å². The Labute approximate surface area is 152 Å². The summed E-state index contributed by atoms with van der Waals surface area (Å²) in [6, 6.07) is 5.54. The Balaban J connectivity index is 1.53. The second kappa shape index (κ2) is 7.37. The summed E-state index contributed by atoms with van der Waals surface area (Å²) >= 11 is 0. The predicted molar refractivity (Wildman–Crippen MR) is 95.5 cm³/mol. The molecule has 1 fully saturated rings. The highest BCUT2D eigenvalue weighted by molar-refractivity contribution is 5.97. The first-order valence-corrected chi connectivity index (χ1v) is 9.03. The van der Waals surface area contributed by atoms with Gasteiger partial charge < -0.3 is 24.1 Å². The van der Waals surface area contributed by atoms with Crippen LogP contribution in [0.25, 0.3) is 11.3 Å². The molecule has 1 saturated heterocycles. The topological polar surface area (TPSA) is 76.8 Å². The zero-order chi connectivity index (χ0) is 17.9. The van der Waals surface area contributed by atoms with Crippen LogP contribution in [0.5, 0.6) is 11.5 Å². The van der Waals surface area contributed by atoms with Crippen molar-refractivity contribution in [1.29, 1.82) is 0 Å². The maximum Gasteiger partial charge on any atom is 0.276 e. The van der Waals surface area contributed by atoms with E-state index in [9.17, 15) is 4.79 Å². The van der Waals surface area contributed by atoms with E-state index in [4.69, 9.17) is 13.9 Å². The third kappa shape index (κ3) is 3.26. The number of aromatic nitrogens is 1. The standard InChI is InChI=1S/C19H23N3O4/c1-20-11-13-4-6-22(7-5-13)19(23)17-18(26-12-21-17)14-2-3-15-16(10-14)25-9-8-24-15/h2-3,10,12-13,20H,4-9,11H2,1H3. The fourth-order valence-electron chi connectivity index (χ4n) is 3.57. The largest absolute Gasteiger partial charge is 0.486 e. The SMILES string of the molecule is CNCC1CCN(C(=O)c2ncoc2-c2ccc3c(c2)OCCO3)CC1. The van der Waals surface area contributed by atoms with Crippen LogP contribution in [0, 0.1) is 5.92 Å². The van der Waals surface area contributed by atoms with Gasteiger partial charge in [0.15, 0.2) is 29.3 Å². The van der Waals surface area contributed by atoms with E-state index in [1.165, 1.54) is 6.39 Å². The molecule has 0 atom stereocenters. The molecule has 138 valence electrons. The van der Waals surface area contributed by atoms with Crippen LogP contribution in [0.15, 0.2) is 29.0 Å². The molecule has 0 aliphatic carbocycles.